The zero-order chi connectivity index (χ0) is 24.9. The fourth-order valence-electron chi connectivity index (χ4n) is 5.90. The summed E-state index contributed by atoms with van der Waals surface area (Å²) in [4.78, 5) is 0. The molecule has 0 nitrogen and oxygen atoms in total. The third-order valence-electron chi connectivity index (χ3n) is 8.35. The van der Waals surface area contributed by atoms with E-state index >= 15 is 0 Å². The van der Waals surface area contributed by atoms with E-state index in [1.165, 1.54) is 66.1 Å². The van der Waals surface area contributed by atoms with E-state index in [4.69, 9.17) is 0 Å². The molecule has 0 heterocycles. The quantitative estimate of drug-likeness (QED) is 0.126. The van der Waals surface area contributed by atoms with Gasteiger partial charge in [-0.25, -0.2) is 0 Å². The summed E-state index contributed by atoms with van der Waals surface area (Å²) < 4.78 is 0. The summed E-state index contributed by atoms with van der Waals surface area (Å²) in [7, 11) is 0. The maximum atomic E-state index is 2.44. The minimum absolute atomic E-state index is 0. The van der Waals surface area contributed by atoms with Crippen LogP contribution in [0.5, 0.6) is 0 Å². The molecule has 0 amide bonds. The molecule has 194 valence electrons. The van der Waals surface area contributed by atoms with E-state index < -0.39 is 0 Å². The first-order chi connectivity index (χ1) is 17.5. The van der Waals surface area contributed by atoms with Crippen LogP contribution < -0.4 is 0 Å². The molecule has 0 aliphatic heterocycles. The maximum absolute atomic E-state index is 2.44. The predicted octanol–water partition coefficient (Wildman–Crippen LogP) is 11.0. The summed E-state index contributed by atoms with van der Waals surface area (Å²) >= 11 is 0. The van der Waals surface area contributed by atoms with Gasteiger partial charge >= 0.3 is 25.8 Å². The molecule has 6 aromatic rings. The zero-order valence-corrected chi connectivity index (χ0v) is 27.7. The summed E-state index contributed by atoms with van der Waals surface area (Å²) in [5.41, 5.74) is 10.6. The van der Waals surface area contributed by atoms with Crippen LogP contribution in [0.4, 0.5) is 0 Å². The average molecular weight is 673 g/mol. The van der Waals surface area contributed by atoms with Crippen LogP contribution in [0.3, 0.4) is 0 Å². The minimum atomic E-state index is -0.0654. The number of fused-ring (bicyclic) bond motifs is 2. The molecule has 0 atom stereocenters. The van der Waals surface area contributed by atoms with Crippen molar-refractivity contribution in [2.24, 2.45) is 0 Å². The van der Waals surface area contributed by atoms with Crippen LogP contribution in [-0.4, -0.2) is 0 Å². The Bertz CT molecular complexity index is 1580. The molecular weight excluding hydrogens is 635 g/mol. The Morgan fingerprint density at radius 3 is 1.33 bits per heavy atom. The van der Waals surface area contributed by atoms with Crippen LogP contribution >= 0.6 is 0 Å². The number of aryl methyl sites for hydroxylation is 2. The van der Waals surface area contributed by atoms with Crippen LogP contribution in [-0.2, 0) is 31.3 Å². The fraction of sp³-hybridized carbons (Fsp3) is 0.158. The Hall–Kier alpha value is -3.03. The topological polar surface area (TPSA) is 0 Å². The Balaban J connectivity index is 0.00000140. The molecule has 0 spiro atoms. The van der Waals surface area contributed by atoms with Gasteiger partial charge in [0.1, 0.15) is 0 Å². The molecule has 0 aromatic heterocycles. The van der Waals surface area contributed by atoms with E-state index in [0.29, 0.717) is 0 Å². The van der Waals surface area contributed by atoms with Crippen molar-refractivity contribution in [3.63, 3.8) is 0 Å². The molecule has 0 saturated heterocycles. The van der Waals surface area contributed by atoms with E-state index in [1.807, 2.05) is 0 Å². The SMILES string of the molecule is CCC(C)(c1cc2c(-c3ccccc3C)cccc2[cH-]1)c1cc2c(-c3ccccc3C)cccc2[cH-]1.[CH3-].[CH3-].[Hf+4]. The Kier molecular flexibility index (Phi) is 9.39. The first kappa shape index (κ1) is 30.5. The smallest absolute Gasteiger partial charge is 0.358 e. The molecule has 0 N–H and O–H groups in total. The molecular formula is C38H38Hf. The minimum Gasteiger partial charge on any atom is -0.358 e. The fourth-order valence-corrected chi connectivity index (χ4v) is 5.90. The molecule has 0 aliphatic carbocycles. The van der Waals surface area contributed by atoms with Crippen molar-refractivity contribution in [3.8, 4) is 22.3 Å². The van der Waals surface area contributed by atoms with E-state index in [0.717, 1.165) is 6.42 Å². The van der Waals surface area contributed by atoms with Crippen LogP contribution in [0.2, 0.25) is 0 Å². The van der Waals surface area contributed by atoms with Gasteiger partial charge in [0.25, 0.3) is 0 Å². The summed E-state index contributed by atoms with van der Waals surface area (Å²) in [6.07, 6.45) is 1.04. The van der Waals surface area contributed by atoms with Crippen molar-refractivity contribution in [1.29, 1.82) is 0 Å². The maximum Gasteiger partial charge on any atom is 4.00 e. The third-order valence-corrected chi connectivity index (χ3v) is 8.35. The zero-order valence-electron chi connectivity index (χ0n) is 24.1. The van der Waals surface area contributed by atoms with Crippen LogP contribution in [0.1, 0.15) is 42.5 Å². The number of hydrogen-bond acceptors (Lipinski definition) is 0. The summed E-state index contributed by atoms with van der Waals surface area (Å²) in [5, 5.41) is 5.33. The van der Waals surface area contributed by atoms with Crippen LogP contribution in [0, 0.1) is 28.7 Å². The van der Waals surface area contributed by atoms with Gasteiger partial charge in [0.05, 0.1) is 0 Å². The van der Waals surface area contributed by atoms with E-state index in [9.17, 15) is 0 Å². The van der Waals surface area contributed by atoms with Crippen LogP contribution in [0.25, 0.3) is 43.8 Å². The Morgan fingerprint density at radius 1 is 0.564 bits per heavy atom. The van der Waals surface area contributed by atoms with E-state index in [2.05, 4.69) is 137 Å². The number of hydrogen-bond donors (Lipinski definition) is 0. The largest absolute Gasteiger partial charge is 4.00 e. The van der Waals surface area contributed by atoms with Crippen molar-refractivity contribution < 1.29 is 25.8 Å². The van der Waals surface area contributed by atoms with Crippen molar-refractivity contribution in [3.05, 3.63) is 146 Å². The standard InChI is InChI=1S/C36H32.2CH3.Hf/c1-5-36(4,28-20-26-14-10-18-32(34(26)22-28)30-16-8-6-12-24(30)2)29-21-27-15-11-19-33(35(27)23-29)31-17-9-7-13-25(31)3;;;/h6-23H,5H2,1-4H3;2*1H3;/q-2;2*-1;+4. The van der Waals surface area contributed by atoms with Gasteiger partial charge in [0, 0.05) is 0 Å². The van der Waals surface area contributed by atoms with Crippen molar-refractivity contribution in [1.82, 2.24) is 0 Å². The van der Waals surface area contributed by atoms with Crippen LogP contribution in [0.15, 0.2) is 109 Å². The average Bonchev–Trinajstić information content (AvgIpc) is 3.54. The summed E-state index contributed by atoms with van der Waals surface area (Å²) in [5.74, 6) is 0. The summed E-state index contributed by atoms with van der Waals surface area (Å²) in [6.45, 7) is 9.14. The molecule has 6 rings (SSSR count). The van der Waals surface area contributed by atoms with Gasteiger partial charge in [-0.05, 0) is 47.9 Å². The van der Waals surface area contributed by atoms with Gasteiger partial charge in [-0.3, -0.25) is 0 Å². The molecule has 39 heavy (non-hydrogen) atoms. The first-order valence-corrected chi connectivity index (χ1v) is 13.0. The van der Waals surface area contributed by atoms with Crippen molar-refractivity contribution in [2.45, 2.75) is 39.5 Å². The second-order valence-electron chi connectivity index (χ2n) is 10.4. The van der Waals surface area contributed by atoms with Crippen molar-refractivity contribution in [2.75, 3.05) is 0 Å². The van der Waals surface area contributed by atoms with E-state index in [-0.39, 0.29) is 46.1 Å². The predicted molar refractivity (Wildman–Crippen MR) is 169 cm³/mol. The molecule has 0 fully saturated rings. The monoisotopic (exact) mass is 674 g/mol. The second kappa shape index (κ2) is 12.0. The molecule has 0 saturated carbocycles. The molecule has 0 bridgehead atoms. The molecule has 0 unspecified atom stereocenters. The first-order valence-electron chi connectivity index (χ1n) is 13.0. The Morgan fingerprint density at radius 2 is 0.949 bits per heavy atom. The van der Waals surface area contributed by atoms with E-state index in [1.54, 1.807) is 0 Å². The normalized spacial score (nSPS) is 11.1. The van der Waals surface area contributed by atoms with Gasteiger partial charge in [-0.2, -0.15) is 12.1 Å². The van der Waals surface area contributed by atoms with Gasteiger partial charge in [-0.1, -0.05) is 85.6 Å². The van der Waals surface area contributed by atoms with Gasteiger partial charge < -0.3 is 14.9 Å². The third kappa shape index (κ3) is 5.14. The molecule has 1 heteroatoms. The second-order valence-corrected chi connectivity index (χ2v) is 10.4. The van der Waals surface area contributed by atoms with Crippen molar-refractivity contribution >= 4 is 21.5 Å². The van der Waals surface area contributed by atoms with Gasteiger partial charge in [0.2, 0.25) is 0 Å². The Labute approximate surface area is 254 Å². The molecule has 0 aliphatic rings. The molecule has 0 radical (unpaired) electrons. The van der Waals surface area contributed by atoms with Gasteiger partial charge in [-0.15, -0.1) is 69.1 Å². The number of rotatable bonds is 5. The number of benzene rings is 4. The summed E-state index contributed by atoms with van der Waals surface area (Å²) in [6, 6.07) is 40.6. The molecule has 6 aromatic carbocycles. The van der Waals surface area contributed by atoms with Gasteiger partial charge in [0.15, 0.2) is 0 Å².